The Morgan fingerprint density at radius 3 is 3.00 bits per heavy atom. The molecule has 0 aromatic rings. The summed E-state index contributed by atoms with van der Waals surface area (Å²) in [4.78, 5) is 1.76. The first-order valence-corrected chi connectivity index (χ1v) is 6.24. The van der Waals surface area contributed by atoms with Crippen molar-refractivity contribution in [2.45, 2.75) is 6.92 Å². The molecule has 7 heteroatoms. The fourth-order valence-corrected chi connectivity index (χ4v) is 2.73. The Bertz CT molecular complexity index is 463. The van der Waals surface area contributed by atoms with E-state index in [1.807, 2.05) is 6.92 Å². The van der Waals surface area contributed by atoms with Gasteiger partial charge in [-0.1, -0.05) is 0 Å². The molecule has 1 N–H and O–H groups in total. The Kier molecular flexibility index (Phi) is 2.15. The fourth-order valence-electron chi connectivity index (χ4n) is 1.27. The van der Waals surface area contributed by atoms with Crippen molar-refractivity contribution in [3.63, 3.8) is 0 Å². The van der Waals surface area contributed by atoms with Crippen LogP contribution in [0, 0.1) is 0 Å². The lowest BCUT2D eigenvalue weighted by Crippen LogP contribution is -2.30. The molecule has 0 bridgehead atoms. The topological polar surface area (TPSA) is 61.8 Å². The first-order valence-electron chi connectivity index (χ1n) is 4.01. The van der Waals surface area contributed by atoms with Crippen LogP contribution in [-0.4, -0.2) is 25.7 Å². The summed E-state index contributed by atoms with van der Waals surface area (Å²) >= 11 is 3.26. The molecule has 0 fully saturated rings. The van der Waals surface area contributed by atoms with Gasteiger partial charge in [-0.15, -0.1) is 4.40 Å². The molecule has 2 rings (SSSR count). The van der Waals surface area contributed by atoms with Crippen molar-refractivity contribution < 1.29 is 8.42 Å². The Morgan fingerprint density at radius 1 is 1.64 bits per heavy atom. The SMILES string of the molecule is CCN1C=CC(Br)=C2NS(=O)(=O)N=C21. The number of nitrogens with zero attached hydrogens (tertiary/aromatic N) is 2. The third-order valence-electron chi connectivity index (χ3n) is 1.91. The highest BCUT2D eigenvalue weighted by Gasteiger charge is 2.31. The summed E-state index contributed by atoms with van der Waals surface area (Å²) in [6.07, 6.45) is 3.57. The number of hydrogen-bond acceptors (Lipinski definition) is 3. The van der Waals surface area contributed by atoms with E-state index >= 15 is 0 Å². The van der Waals surface area contributed by atoms with Crippen LogP contribution in [0.4, 0.5) is 0 Å². The summed E-state index contributed by atoms with van der Waals surface area (Å²) in [6.45, 7) is 2.60. The number of fused-ring (bicyclic) bond motifs is 1. The zero-order valence-corrected chi connectivity index (χ0v) is 9.76. The van der Waals surface area contributed by atoms with Gasteiger partial charge in [0.15, 0.2) is 5.84 Å². The van der Waals surface area contributed by atoms with Crippen LogP contribution in [0.2, 0.25) is 0 Å². The van der Waals surface area contributed by atoms with Gasteiger partial charge in [0.2, 0.25) is 0 Å². The van der Waals surface area contributed by atoms with Crippen LogP contribution in [0.3, 0.4) is 0 Å². The van der Waals surface area contributed by atoms with Gasteiger partial charge in [0.25, 0.3) is 0 Å². The summed E-state index contributed by atoms with van der Waals surface area (Å²) in [5.74, 6) is 0.446. The number of nitrogens with one attached hydrogen (secondary N) is 1. The number of allylic oxidation sites excluding steroid dienone is 2. The minimum Gasteiger partial charge on any atom is -0.331 e. The molecule has 0 aliphatic carbocycles. The second kappa shape index (κ2) is 3.09. The van der Waals surface area contributed by atoms with Gasteiger partial charge in [0.1, 0.15) is 5.70 Å². The summed E-state index contributed by atoms with van der Waals surface area (Å²) < 4.78 is 29.1. The Labute approximate surface area is 90.5 Å². The first kappa shape index (κ1) is 9.72. The van der Waals surface area contributed by atoms with E-state index in [0.717, 1.165) is 0 Å². The van der Waals surface area contributed by atoms with Gasteiger partial charge in [0, 0.05) is 17.2 Å². The van der Waals surface area contributed by atoms with E-state index in [0.29, 0.717) is 22.6 Å². The second-order valence-electron chi connectivity index (χ2n) is 2.82. The maximum Gasteiger partial charge on any atom is 0.344 e. The van der Waals surface area contributed by atoms with Gasteiger partial charge in [-0.2, -0.15) is 8.42 Å². The number of hydrogen-bond donors (Lipinski definition) is 1. The van der Waals surface area contributed by atoms with Crippen LogP contribution in [-0.2, 0) is 10.2 Å². The molecular formula is C7H8BrN3O2S. The van der Waals surface area contributed by atoms with Crippen molar-refractivity contribution >= 4 is 32.0 Å². The van der Waals surface area contributed by atoms with E-state index in [4.69, 9.17) is 0 Å². The number of amidine groups is 1. The Morgan fingerprint density at radius 2 is 2.36 bits per heavy atom. The molecule has 0 saturated heterocycles. The van der Waals surface area contributed by atoms with Gasteiger partial charge in [-0.05, 0) is 28.9 Å². The Balaban J connectivity index is 2.54. The lowest BCUT2D eigenvalue weighted by molar-refractivity contribution is 0.586. The molecule has 14 heavy (non-hydrogen) atoms. The van der Waals surface area contributed by atoms with Gasteiger partial charge in [0.05, 0.1) is 0 Å². The highest BCUT2D eigenvalue weighted by Crippen LogP contribution is 2.25. The van der Waals surface area contributed by atoms with Crippen molar-refractivity contribution in [1.29, 1.82) is 0 Å². The van der Waals surface area contributed by atoms with Crippen molar-refractivity contribution in [2.24, 2.45) is 4.40 Å². The molecule has 0 atom stereocenters. The minimum absolute atomic E-state index is 0.446. The zero-order valence-electron chi connectivity index (χ0n) is 7.36. The lowest BCUT2D eigenvalue weighted by Gasteiger charge is -2.21. The van der Waals surface area contributed by atoms with Crippen molar-refractivity contribution in [3.8, 4) is 0 Å². The molecule has 2 heterocycles. The predicted octanol–water partition coefficient (Wildman–Crippen LogP) is 0.689. The largest absolute Gasteiger partial charge is 0.344 e. The van der Waals surface area contributed by atoms with E-state index in [1.54, 1.807) is 17.2 Å². The van der Waals surface area contributed by atoms with E-state index < -0.39 is 10.2 Å². The number of halogens is 1. The molecule has 0 aromatic carbocycles. The molecule has 2 aliphatic heterocycles. The molecule has 5 nitrogen and oxygen atoms in total. The third kappa shape index (κ3) is 1.46. The molecule has 0 radical (unpaired) electrons. The average Bonchev–Trinajstić information content (AvgIpc) is 2.42. The standard InChI is InChI=1S/C7H8BrN3O2S/c1-2-11-4-3-5(8)6-7(11)10-14(12,13)9-6/h3-4,9H,2H2,1H3. The molecule has 0 spiro atoms. The average molecular weight is 278 g/mol. The highest BCUT2D eigenvalue weighted by molar-refractivity contribution is 9.12. The van der Waals surface area contributed by atoms with Crippen LogP contribution >= 0.6 is 15.9 Å². The van der Waals surface area contributed by atoms with Gasteiger partial charge < -0.3 is 4.90 Å². The fraction of sp³-hybridized carbons (Fsp3) is 0.286. The van der Waals surface area contributed by atoms with E-state index in [-0.39, 0.29) is 0 Å². The van der Waals surface area contributed by atoms with Crippen LogP contribution in [0.1, 0.15) is 6.92 Å². The smallest absolute Gasteiger partial charge is 0.331 e. The van der Waals surface area contributed by atoms with E-state index in [1.165, 1.54) is 0 Å². The third-order valence-corrected chi connectivity index (χ3v) is 3.45. The van der Waals surface area contributed by atoms with Crippen LogP contribution in [0.5, 0.6) is 0 Å². The lowest BCUT2D eigenvalue weighted by atomic mass is 10.3. The zero-order chi connectivity index (χ0) is 10.3. The van der Waals surface area contributed by atoms with Crippen LogP contribution in [0.25, 0.3) is 0 Å². The van der Waals surface area contributed by atoms with Crippen molar-refractivity contribution in [2.75, 3.05) is 6.54 Å². The summed E-state index contributed by atoms with van der Waals surface area (Å²) in [5.41, 5.74) is 0.509. The number of likely N-dealkylation sites (N-methyl/N-ethyl adjacent to an activating group) is 1. The molecule has 0 aromatic heterocycles. The van der Waals surface area contributed by atoms with E-state index in [2.05, 4.69) is 25.0 Å². The molecule has 0 unspecified atom stereocenters. The summed E-state index contributed by atoms with van der Waals surface area (Å²) in [6, 6.07) is 0. The van der Waals surface area contributed by atoms with Crippen LogP contribution in [0.15, 0.2) is 26.9 Å². The quantitative estimate of drug-likeness (QED) is 0.767. The minimum atomic E-state index is -3.54. The summed E-state index contributed by atoms with van der Waals surface area (Å²) in [7, 11) is -3.54. The summed E-state index contributed by atoms with van der Waals surface area (Å²) in [5, 5.41) is 0. The maximum absolute atomic E-state index is 11.2. The van der Waals surface area contributed by atoms with Crippen molar-refractivity contribution in [1.82, 2.24) is 9.62 Å². The normalized spacial score (nSPS) is 23.3. The van der Waals surface area contributed by atoms with Gasteiger partial charge >= 0.3 is 10.2 Å². The Hall–Kier alpha value is -0.820. The predicted molar refractivity (Wildman–Crippen MR) is 57.0 cm³/mol. The van der Waals surface area contributed by atoms with Gasteiger partial charge in [-0.25, -0.2) is 0 Å². The molecule has 2 aliphatic rings. The second-order valence-corrected chi connectivity index (χ2v) is 5.01. The van der Waals surface area contributed by atoms with Crippen LogP contribution < -0.4 is 4.72 Å². The van der Waals surface area contributed by atoms with Crippen molar-refractivity contribution in [3.05, 3.63) is 22.5 Å². The highest BCUT2D eigenvalue weighted by atomic mass is 79.9. The molecule has 0 amide bonds. The molecule has 0 saturated carbocycles. The molecular weight excluding hydrogens is 270 g/mol. The monoisotopic (exact) mass is 277 g/mol. The van der Waals surface area contributed by atoms with E-state index in [9.17, 15) is 8.42 Å². The maximum atomic E-state index is 11.2. The first-order chi connectivity index (χ1) is 6.53. The molecule has 76 valence electrons. The van der Waals surface area contributed by atoms with Gasteiger partial charge in [-0.3, -0.25) is 4.72 Å². The number of rotatable bonds is 1.